The molecular weight excluding hydrogens is 280 g/mol. The van der Waals surface area contributed by atoms with E-state index in [1.807, 2.05) is 19.9 Å². The molecule has 3 N–H and O–H groups in total. The molecule has 1 atom stereocenters. The van der Waals surface area contributed by atoms with Crippen LogP contribution in [0.2, 0.25) is 0 Å². The van der Waals surface area contributed by atoms with Crippen LogP contribution in [0, 0.1) is 6.92 Å². The number of aryl methyl sites for hydroxylation is 1. The molecule has 1 aromatic rings. The monoisotopic (exact) mass is 310 g/mol. The van der Waals surface area contributed by atoms with Crippen LogP contribution in [0.1, 0.15) is 31.8 Å². The third kappa shape index (κ3) is 6.49. The van der Waals surface area contributed by atoms with Crippen LogP contribution in [-0.4, -0.2) is 56.2 Å². The Bertz CT molecular complexity index is 466. The highest BCUT2D eigenvalue weighted by Gasteiger charge is 2.26. The number of aliphatic hydroxyl groups is 1. The van der Waals surface area contributed by atoms with Crippen LogP contribution in [0.4, 0.5) is 0 Å². The Morgan fingerprint density at radius 2 is 2.09 bits per heavy atom. The molecule has 0 aliphatic carbocycles. The first kappa shape index (κ1) is 18.5. The molecule has 0 spiro atoms. The zero-order valence-electron chi connectivity index (χ0n) is 14.4. The van der Waals surface area contributed by atoms with Crippen LogP contribution in [0.15, 0.2) is 21.5 Å². The van der Waals surface area contributed by atoms with Crippen LogP contribution in [0.3, 0.4) is 0 Å². The van der Waals surface area contributed by atoms with Crippen LogP contribution in [0.5, 0.6) is 0 Å². The van der Waals surface area contributed by atoms with Gasteiger partial charge in [0.25, 0.3) is 0 Å². The summed E-state index contributed by atoms with van der Waals surface area (Å²) in [6.45, 7) is 8.47. The van der Waals surface area contributed by atoms with Gasteiger partial charge < -0.3 is 25.1 Å². The van der Waals surface area contributed by atoms with Gasteiger partial charge in [-0.15, -0.1) is 0 Å². The van der Waals surface area contributed by atoms with E-state index in [4.69, 9.17) is 4.42 Å². The molecule has 0 bridgehead atoms. The zero-order valence-corrected chi connectivity index (χ0v) is 14.4. The number of aliphatic imine (C=N–C) groups is 1. The van der Waals surface area contributed by atoms with Crippen molar-refractivity contribution < 1.29 is 9.52 Å². The van der Waals surface area contributed by atoms with Gasteiger partial charge in [-0.2, -0.15) is 0 Å². The molecule has 0 radical (unpaired) electrons. The SMILES string of the molecule is CCNC(=NCC(C)(O)c1ccc(C)o1)NCCCN(C)C. The Morgan fingerprint density at radius 3 is 2.64 bits per heavy atom. The van der Waals surface area contributed by atoms with Gasteiger partial charge in [-0.3, -0.25) is 0 Å². The van der Waals surface area contributed by atoms with Crippen molar-refractivity contribution in [3.63, 3.8) is 0 Å². The van der Waals surface area contributed by atoms with Crippen LogP contribution in [-0.2, 0) is 5.60 Å². The Hall–Kier alpha value is -1.53. The summed E-state index contributed by atoms with van der Waals surface area (Å²) in [6.07, 6.45) is 1.03. The first-order valence-electron chi connectivity index (χ1n) is 7.81. The van der Waals surface area contributed by atoms with Crippen molar-refractivity contribution in [3.8, 4) is 0 Å². The fourth-order valence-corrected chi connectivity index (χ4v) is 1.98. The maximum atomic E-state index is 10.5. The normalized spacial score (nSPS) is 15.0. The molecule has 0 saturated heterocycles. The van der Waals surface area contributed by atoms with Crippen molar-refractivity contribution in [2.24, 2.45) is 4.99 Å². The van der Waals surface area contributed by atoms with Crippen molar-refractivity contribution in [2.75, 3.05) is 40.3 Å². The molecule has 6 nitrogen and oxygen atoms in total. The van der Waals surface area contributed by atoms with Gasteiger partial charge in [0.1, 0.15) is 17.1 Å². The molecular formula is C16H30N4O2. The van der Waals surface area contributed by atoms with E-state index in [1.54, 1.807) is 13.0 Å². The largest absolute Gasteiger partial charge is 0.463 e. The summed E-state index contributed by atoms with van der Waals surface area (Å²) in [5.74, 6) is 2.04. The second kappa shape index (κ2) is 8.80. The van der Waals surface area contributed by atoms with E-state index in [-0.39, 0.29) is 6.54 Å². The number of hydrogen-bond donors (Lipinski definition) is 3. The summed E-state index contributed by atoms with van der Waals surface area (Å²) in [6, 6.07) is 3.64. The Morgan fingerprint density at radius 1 is 1.36 bits per heavy atom. The summed E-state index contributed by atoms with van der Waals surface area (Å²) < 4.78 is 5.50. The van der Waals surface area contributed by atoms with Gasteiger partial charge in [0.2, 0.25) is 0 Å². The second-order valence-electron chi connectivity index (χ2n) is 5.96. The average Bonchev–Trinajstić information content (AvgIpc) is 2.88. The molecule has 22 heavy (non-hydrogen) atoms. The zero-order chi connectivity index (χ0) is 16.6. The fourth-order valence-electron chi connectivity index (χ4n) is 1.98. The summed E-state index contributed by atoms with van der Waals surface area (Å²) in [4.78, 5) is 6.61. The highest BCUT2D eigenvalue weighted by molar-refractivity contribution is 5.79. The quantitative estimate of drug-likeness (QED) is 0.383. The van der Waals surface area contributed by atoms with E-state index in [2.05, 4.69) is 34.6 Å². The van der Waals surface area contributed by atoms with Gasteiger partial charge in [0.15, 0.2) is 5.96 Å². The molecule has 1 unspecified atom stereocenters. The second-order valence-corrected chi connectivity index (χ2v) is 5.96. The van der Waals surface area contributed by atoms with Gasteiger partial charge in [-0.25, -0.2) is 4.99 Å². The molecule has 0 saturated carbocycles. The number of nitrogens with one attached hydrogen (secondary N) is 2. The van der Waals surface area contributed by atoms with Crippen molar-refractivity contribution in [3.05, 3.63) is 23.7 Å². The van der Waals surface area contributed by atoms with Gasteiger partial charge >= 0.3 is 0 Å². The van der Waals surface area contributed by atoms with Crippen molar-refractivity contribution in [1.29, 1.82) is 0 Å². The molecule has 1 rings (SSSR count). The van der Waals surface area contributed by atoms with Gasteiger partial charge in [0, 0.05) is 13.1 Å². The summed E-state index contributed by atoms with van der Waals surface area (Å²) in [7, 11) is 4.11. The Labute approximate surface area is 133 Å². The molecule has 1 aromatic heterocycles. The standard InChI is InChI=1S/C16H30N4O2/c1-6-17-15(18-10-7-11-20(4)5)19-12-16(3,21)14-9-8-13(2)22-14/h8-9,21H,6-7,10-12H2,1-5H3,(H2,17,18,19). The molecule has 0 aliphatic rings. The predicted octanol–water partition coefficient (Wildman–Crippen LogP) is 1.30. The molecule has 1 heterocycles. The number of rotatable bonds is 8. The molecule has 0 amide bonds. The van der Waals surface area contributed by atoms with Crippen LogP contribution in [0.25, 0.3) is 0 Å². The van der Waals surface area contributed by atoms with E-state index in [9.17, 15) is 5.11 Å². The third-order valence-electron chi connectivity index (χ3n) is 3.24. The summed E-state index contributed by atoms with van der Waals surface area (Å²) >= 11 is 0. The molecule has 0 fully saturated rings. The summed E-state index contributed by atoms with van der Waals surface area (Å²) in [5, 5.41) is 17.0. The maximum Gasteiger partial charge on any atom is 0.191 e. The van der Waals surface area contributed by atoms with Crippen LogP contribution >= 0.6 is 0 Å². The number of guanidine groups is 1. The predicted molar refractivity (Wildman–Crippen MR) is 90.2 cm³/mol. The lowest BCUT2D eigenvalue weighted by molar-refractivity contribution is 0.0428. The number of nitrogens with zero attached hydrogens (tertiary/aromatic N) is 2. The van der Waals surface area contributed by atoms with E-state index in [0.717, 1.165) is 31.8 Å². The van der Waals surface area contributed by atoms with Gasteiger partial charge in [-0.1, -0.05) is 0 Å². The molecule has 6 heteroatoms. The van der Waals surface area contributed by atoms with Crippen molar-refractivity contribution in [2.45, 2.75) is 32.8 Å². The van der Waals surface area contributed by atoms with Crippen molar-refractivity contribution in [1.82, 2.24) is 15.5 Å². The minimum absolute atomic E-state index is 0.239. The first-order chi connectivity index (χ1) is 10.3. The third-order valence-corrected chi connectivity index (χ3v) is 3.24. The lowest BCUT2D eigenvalue weighted by Gasteiger charge is -2.20. The van der Waals surface area contributed by atoms with E-state index in [0.29, 0.717) is 11.7 Å². The fraction of sp³-hybridized carbons (Fsp3) is 0.688. The van der Waals surface area contributed by atoms with Crippen molar-refractivity contribution >= 4 is 5.96 Å². The highest BCUT2D eigenvalue weighted by atomic mass is 16.4. The molecule has 126 valence electrons. The van der Waals surface area contributed by atoms with Gasteiger partial charge in [-0.05, 0) is 60.0 Å². The number of furan rings is 1. The minimum Gasteiger partial charge on any atom is -0.463 e. The summed E-state index contributed by atoms with van der Waals surface area (Å²) in [5.41, 5.74) is -1.11. The lowest BCUT2D eigenvalue weighted by atomic mass is 10.0. The van der Waals surface area contributed by atoms with E-state index in [1.165, 1.54) is 0 Å². The van der Waals surface area contributed by atoms with Crippen LogP contribution < -0.4 is 10.6 Å². The molecule has 0 aliphatic heterocycles. The maximum absolute atomic E-state index is 10.5. The lowest BCUT2D eigenvalue weighted by Crippen LogP contribution is -2.39. The average molecular weight is 310 g/mol. The Kier molecular flexibility index (Phi) is 7.41. The molecule has 0 aromatic carbocycles. The van der Waals surface area contributed by atoms with Gasteiger partial charge in [0.05, 0.1) is 6.54 Å². The minimum atomic E-state index is -1.11. The van der Waals surface area contributed by atoms with E-state index >= 15 is 0 Å². The first-order valence-corrected chi connectivity index (χ1v) is 7.81. The number of hydrogen-bond acceptors (Lipinski definition) is 4. The smallest absolute Gasteiger partial charge is 0.191 e. The van der Waals surface area contributed by atoms with E-state index < -0.39 is 5.60 Å². The Balaban J connectivity index is 2.56. The topological polar surface area (TPSA) is 73.0 Å². The highest BCUT2D eigenvalue weighted by Crippen LogP contribution is 2.22.